The van der Waals surface area contributed by atoms with Gasteiger partial charge in [-0.15, -0.1) is 0 Å². The summed E-state index contributed by atoms with van der Waals surface area (Å²) in [5.74, 6) is -1.02. The summed E-state index contributed by atoms with van der Waals surface area (Å²) in [6.07, 6.45) is 0.734. The zero-order valence-electron chi connectivity index (χ0n) is 21.6. The molecule has 2 atom stereocenters. The maximum absolute atomic E-state index is 15.1. The lowest BCUT2D eigenvalue weighted by molar-refractivity contribution is -0.140. The Morgan fingerprint density at radius 2 is 1.81 bits per heavy atom. The first kappa shape index (κ1) is 26.4. The molecule has 0 saturated heterocycles. The highest BCUT2D eigenvalue weighted by Crippen LogP contribution is 2.47. The van der Waals surface area contributed by atoms with Crippen molar-refractivity contribution in [3.05, 3.63) is 81.9 Å². The number of allylic oxidation sites excluding steroid dienone is 3. The fraction of sp³-hybridized carbons (Fsp3) is 0.379. The van der Waals surface area contributed by atoms with Gasteiger partial charge in [0.15, 0.2) is 17.3 Å². The Labute approximate surface area is 216 Å². The molecule has 1 aliphatic carbocycles. The van der Waals surface area contributed by atoms with Gasteiger partial charge in [0.2, 0.25) is 0 Å². The van der Waals surface area contributed by atoms with Crippen LogP contribution in [0.2, 0.25) is 0 Å². The summed E-state index contributed by atoms with van der Waals surface area (Å²) >= 11 is 0. The van der Waals surface area contributed by atoms with E-state index in [0.717, 1.165) is 5.56 Å². The van der Waals surface area contributed by atoms with Crippen LogP contribution in [0.15, 0.2) is 65.0 Å². The maximum Gasteiger partial charge on any atom is 0.336 e. The van der Waals surface area contributed by atoms with Crippen molar-refractivity contribution in [2.24, 2.45) is 0 Å². The smallest absolute Gasteiger partial charge is 0.336 e. The molecule has 37 heavy (non-hydrogen) atoms. The normalized spacial score (nSPS) is 19.3. The minimum atomic E-state index is -0.865. The van der Waals surface area contributed by atoms with Crippen LogP contribution in [0.5, 0.6) is 11.5 Å². The van der Waals surface area contributed by atoms with Gasteiger partial charge in [-0.05, 0) is 49.9 Å². The Morgan fingerprint density at radius 1 is 1.05 bits per heavy atom. The molecule has 1 heterocycles. The number of carbonyl (C=O) groups is 2. The highest BCUT2D eigenvalue weighted by Gasteiger charge is 2.42. The summed E-state index contributed by atoms with van der Waals surface area (Å²) in [5, 5.41) is 3.28. The van der Waals surface area contributed by atoms with Gasteiger partial charge in [0.05, 0.1) is 32.3 Å². The van der Waals surface area contributed by atoms with Crippen molar-refractivity contribution in [3.63, 3.8) is 0 Å². The third kappa shape index (κ3) is 5.39. The molecule has 2 unspecified atom stereocenters. The van der Waals surface area contributed by atoms with E-state index in [1.807, 2.05) is 25.1 Å². The molecule has 0 amide bonds. The average molecular weight is 510 g/mol. The third-order valence-electron chi connectivity index (χ3n) is 6.81. The van der Waals surface area contributed by atoms with Crippen molar-refractivity contribution in [1.82, 2.24) is 5.32 Å². The molecule has 2 aliphatic rings. The van der Waals surface area contributed by atoms with Crippen LogP contribution in [-0.2, 0) is 19.1 Å². The standard InChI is InChI=1S/C29H32FNO6/c1-5-36-12-13-37-29(33)26-17(2)31-22-14-19(18-10-11-24(34-3)25(16-18)35-4)15-23(32)28(22)27(26)20-8-6-7-9-21(20)30/h6-11,16,19,27,31H,5,12-15H2,1-4H3. The molecule has 0 spiro atoms. The Balaban J connectivity index is 1.72. The van der Waals surface area contributed by atoms with Gasteiger partial charge in [-0.1, -0.05) is 24.3 Å². The average Bonchev–Trinajstić information content (AvgIpc) is 2.90. The Morgan fingerprint density at radius 3 is 2.51 bits per heavy atom. The quantitative estimate of drug-likeness (QED) is 0.385. The molecule has 8 heteroatoms. The monoisotopic (exact) mass is 509 g/mol. The van der Waals surface area contributed by atoms with Crippen LogP contribution in [-0.4, -0.2) is 45.8 Å². The first-order valence-corrected chi connectivity index (χ1v) is 12.3. The van der Waals surface area contributed by atoms with Crippen LogP contribution in [0.3, 0.4) is 0 Å². The molecule has 7 nitrogen and oxygen atoms in total. The van der Waals surface area contributed by atoms with Gasteiger partial charge in [0, 0.05) is 35.6 Å². The van der Waals surface area contributed by atoms with Crippen molar-refractivity contribution in [3.8, 4) is 11.5 Å². The second-order valence-corrected chi connectivity index (χ2v) is 8.99. The molecule has 1 aliphatic heterocycles. The van der Waals surface area contributed by atoms with E-state index in [9.17, 15) is 9.59 Å². The van der Waals surface area contributed by atoms with Gasteiger partial charge < -0.3 is 24.3 Å². The number of rotatable bonds is 9. The number of hydrogen-bond donors (Lipinski definition) is 1. The predicted octanol–water partition coefficient (Wildman–Crippen LogP) is 4.78. The first-order chi connectivity index (χ1) is 17.9. The van der Waals surface area contributed by atoms with Gasteiger partial charge in [0.1, 0.15) is 12.4 Å². The summed E-state index contributed by atoms with van der Waals surface area (Å²) in [4.78, 5) is 26.9. The number of ketones is 1. The van der Waals surface area contributed by atoms with Crippen LogP contribution in [0, 0.1) is 5.82 Å². The topological polar surface area (TPSA) is 83.1 Å². The van der Waals surface area contributed by atoms with Crippen molar-refractivity contribution in [1.29, 1.82) is 0 Å². The van der Waals surface area contributed by atoms with Crippen LogP contribution < -0.4 is 14.8 Å². The highest BCUT2D eigenvalue weighted by atomic mass is 19.1. The molecule has 196 valence electrons. The van der Waals surface area contributed by atoms with Crippen LogP contribution in [0.4, 0.5) is 4.39 Å². The Bertz CT molecular complexity index is 1250. The lowest BCUT2D eigenvalue weighted by Gasteiger charge is -2.36. The molecule has 2 aromatic carbocycles. The summed E-state index contributed by atoms with van der Waals surface area (Å²) in [5.41, 5.74) is 3.07. The van der Waals surface area contributed by atoms with Crippen LogP contribution in [0.25, 0.3) is 0 Å². The highest BCUT2D eigenvalue weighted by molar-refractivity contribution is 6.04. The molecular weight excluding hydrogens is 477 g/mol. The second-order valence-electron chi connectivity index (χ2n) is 8.99. The van der Waals surface area contributed by atoms with Gasteiger partial charge >= 0.3 is 5.97 Å². The molecule has 1 N–H and O–H groups in total. The van der Waals surface area contributed by atoms with E-state index in [4.69, 9.17) is 18.9 Å². The predicted molar refractivity (Wildman–Crippen MR) is 136 cm³/mol. The number of dihydropyridines is 1. The number of nitrogens with one attached hydrogen (secondary N) is 1. The van der Waals surface area contributed by atoms with Gasteiger partial charge in [-0.3, -0.25) is 4.79 Å². The minimum Gasteiger partial charge on any atom is -0.493 e. The first-order valence-electron chi connectivity index (χ1n) is 12.3. The van der Waals surface area contributed by atoms with E-state index in [2.05, 4.69) is 5.32 Å². The molecule has 0 aromatic heterocycles. The number of esters is 1. The number of hydrogen-bond acceptors (Lipinski definition) is 7. The van der Waals surface area contributed by atoms with Crippen molar-refractivity contribution >= 4 is 11.8 Å². The van der Waals surface area contributed by atoms with Crippen molar-refractivity contribution in [2.45, 2.75) is 38.5 Å². The van der Waals surface area contributed by atoms with Gasteiger partial charge in [-0.2, -0.15) is 0 Å². The van der Waals surface area contributed by atoms with Gasteiger partial charge in [-0.25, -0.2) is 9.18 Å². The fourth-order valence-electron chi connectivity index (χ4n) is 5.09. The lowest BCUT2D eigenvalue weighted by atomic mass is 9.71. The van der Waals surface area contributed by atoms with Gasteiger partial charge in [0.25, 0.3) is 0 Å². The van der Waals surface area contributed by atoms with Crippen molar-refractivity contribution in [2.75, 3.05) is 34.0 Å². The van der Waals surface area contributed by atoms with Crippen molar-refractivity contribution < 1.29 is 32.9 Å². The van der Waals surface area contributed by atoms with E-state index in [-0.39, 0.29) is 42.5 Å². The molecule has 4 rings (SSSR count). The maximum atomic E-state index is 15.1. The Kier molecular flexibility index (Phi) is 8.28. The number of ether oxygens (including phenoxy) is 4. The number of methoxy groups -OCH3 is 2. The molecular formula is C29H32FNO6. The molecule has 0 saturated carbocycles. The zero-order chi connectivity index (χ0) is 26.5. The summed E-state index contributed by atoms with van der Waals surface area (Å²) < 4.78 is 36.6. The fourth-order valence-corrected chi connectivity index (χ4v) is 5.09. The van der Waals surface area contributed by atoms with E-state index in [1.54, 1.807) is 39.3 Å². The lowest BCUT2D eigenvalue weighted by Crippen LogP contribution is -2.36. The number of carbonyl (C=O) groups excluding carboxylic acids is 2. The number of halogens is 1. The van der Waals surface area contributed by atoms with Crippen LogP contribution in [0.1, 0.15) is 49.7 Å². The summed E-state index contributed by atoms with van der Waals surface area (Å²) in [6, 6.07) is 11.9. The van der Waals surface area contributed by atoms with E-state index >= 15 is 4.39 Å². The van der Waals surface area contributed by atoms with E-state index < -0.39 is 17.7 Å². The van der Waals surface area contributed by atoms with E-state index in [1.165, 1.54) is 6.07 Å². The molecule has 0 fully saturated rings. The largest absolute Gasteiger partial charge is 0.493 e. The van der Waals surface area contributed by atoms with Crippen LogP contribution >= 0.6 is 0 Å². The molecule has 2 aromatic rings. The minimum absolute atomic E-state index is 0.0642. The molecule has 0 bridgehead atoms. The summed E-state index contributed by atoms with van der Waals surface area (Å²) in [7, 11) is 3.14. The Hall–Kier alpha value is -3.65. The third-order valence-corrected chi connectivity index (χ3v) is 6.81. The number of Topliss-reactive ketones (excluding diaryl/α,β-unsaturated/α-hetero) is 1. The zero-order valence-corrected chi connectivity index (χ0v) is 21.6. The molecule has 0 radical (unpaired) electrons. The summed E-state index contributed by atoms with van der Waals surface area (Å²) in [6.45, 7) is 4.43. The SMILES string of the molecule is CCOCCOC(=O)C1=C(C)NC2=C(C(=O)CC(c3ccc(OC)c(OC)c3)C2)C1c1ccccc1F. The second kappa shape index (κ2) is 11.6. The number of benzene rings is 2. The van der Waals surface area contributed by atoms with E-state index in [0.29, 0.717) is 41.5 Å².